The number of fused-ring (bicyclic) bond motifs is 3. The molecule has 2 saturated heterocycles. The van der Waals surface area contributed by atoms with Gasteiger partial charge in [0.1, 0.15) is 11.3 Å². The van der Waals surface area contributed by atoms with Crippen LogP contribution in [0.3, 0.4) is 0 Å². The quantitative estimate of drug-likeness (QED) is 0.882. The Labute approximate surface area is 106 Å². The van der Waals surface area contributed by atoms with Crippen molar-refractivity contribution in [3.8, 4) is 0 Å². The molecular weight excluding hydrogens is 226 g/mol. The second-order valence-electron chi connectivity index (χ2n) is 5.49. The molecule has 2 N–H and O–H groups in total. The summed E-state index contributed by atoms with van der Waals surface area (Å²) in [6, 6.07) is 10.1. The Balaban J connectivity index is 1.66. The number of furan rings is 1. The Bertz CT molecular complexity index is 544. The summed E-state index contributed by atoms with van der Waals surface area (Å²) in [6.45, 7) is 0. The lowest BCUT2D eigenvalue weighted by molar-refractivity contribution is 0.0871. The highest BCUT2D eigenvalue weighted by atomic mass is 16.5. The summed E-state index contributed by atoms with van der Waals surface area (Å²) in [5.74, 6) is 1.32. The Morgan fingerprint density at radius 2 is 2.11 bits per heavy atom. The van der Waals surface area contributed by atoms with Crippen molar-refractivity contribution < 1.29 is 9.15 Å². The maximum atomic E-state index is 6.38. The zero-order valence-electron chi connectivity index (χ0n) is 10.2. The third-order valence-electron chi connectivity index (χ3n) is 4.39. The first-order chi connectivity index (χ1) is 8.81. The van der Waals surface area contributed by atoms with Gasteiger partial charge in [-0.2, -0.15) is 0 Å². The number of nitrogens with two attached hydrogens (primary N) is 1. The van der Waals surface area contributed by atoms with Gasteiger partial charge < -0.3 is 14.9 Å². The molecule has 0 saturated carbocycles. The van der Waals surface area contributed by atoms with Crippen LogP contribution in [0.15, 0.2) is 34.7 Å². The van der Waals surface area contributed by atoms with E-state index in [1.165, 1.54) is 6.42 Å². The summed E-state index contributed by atoms with van der Waals surface area (Å²) in [7, 11) is 0. The van der Waals surface area contributed by atoms with Gasteiger partial charge in [0.05, 0.1) is 18.2 Å². The lowest BCUT2D eigenvalue weighted by Gasteiger charge is -2.23. The molecule has 4 rings (SSSR count). The van der Waals surface area contributed by atoms with Crippen LogP contribution in [0.1, 0.15) is 31.1 Å². The molecule has 2 fully saturated rings. The number of benzene rings is 1. The largest absolute Gasteiger partial charge is 0.459 e. The van der Waals surface area contributed by atoms with Gasteiger partial charge in [-0.05, 0) is 31.4 Å². The van der Waals surface area contributed by atoms with Gasteiger partial charge >= 0.3 is 0 Å². The van der Waals surface area contributed by atoms with E-state index in [4.69, 9.17) is 14.9 Å². The highest BCUT2D eigenvalue weighted by molar-refractivity contribution is 5.77. The van der Waals surface area contributed by atoms with Crippen molar-refractivity contribution in [1.29, 1.82) is 0 Å². The molecule has 2 aromatic rings. The van der Waals surface area contributed by atoms with Gasteiger partial charge in [-0.25, -0.2) is 0 Å². The molecule has 2 aliphatic rings. The molecule has 1 aromatic heterocycles. The third kappa shape index (κ3) is 1.51. The standard InChI is InChI=1S/C15H17NO2/c16-15(11-8-10-5-6-13(11)17-10)14-7-9-3-1-2-4-12(9)18-14/h1-4,7,10-11,13,15H,5-6,8,16H2. The molecule has 2 aliphatic heterocycles. The molecule has 18 heavy (non-hydrogen) atoms. The van der Waals surface area contributed by atoms with Crippen molar-refractivity contribution in [1.82, 2.24) is 0 Å². The van der Waals surface area contributed by atoms with Crippen LogP contribution in [0.5, 0.6) is 0 Å². The number of para-hydroxylation sites is 1. The maximum absolute atomic E-state index is 6.38. The van der Waals surface area contributed by atoms with E-state index in [0.717, 1.165) is 29.6 Å². The van der Waals surface area contributed by atoms with Crippen LogP contribution in [0, 0.1) is 5.92 Å². The van der Waals surface area contributed by atoms with Crippen LogP contribution in [0.2, 0.25) is 0 Å². The van der Waals surface area contributed by atoms with Crippen LogP contribution >= 0.6 is 0 Å². The van der Waals surface area contributed by atoms with Crippen molar-refractivity contribution in [3.63, 3.8) is 0 Å². The topological polar surface area (TPSA) is 48.4 Å². The van der Waals surface area contributed by atoms with Gasteiger partial charge in [-0.15, -0.1) is 0 Å². The van der Waals surface area contributed by atoms with Gasteiger partial charge in [-0.3, -0.25) is 0 Å². The Hall–Kier alpha value is -1.32. The van der Waals surface area contributed by atoms with Gasteiger partial charge in [-0.1, -0.05) is 18.2 Å². The van der Waals surface area contributed by atoms with E-state index in [-0.39, 0.29) is 6.04 Å². The second kappa shape index (κ2) is 3.84. The summed E-state index contributed by atoms with van der Waals surface area (Å²) in [4.78, 5) is 0. The van der Waals surface area contributed by atoms with E-state index in [1.54, 1.807) is 0 Å². The predicted octanol–water partition coefficient (Wildman–Crippen LogP) is 3.00. The van der Waals surface area contributed by atoms with Crippen molar-refractivity contribution in [2.75, 3.05) is 0 Å². The molecule has 0 amide bonds. The molecule has 0 spiro atoms. The minimum Gasteiger partial charge on any atom is -0.459 e. The predicted molar refractivity (Wildman–Crippen MR) is 69.1 cm³/mol. The minimum absolute atomic E-state index is 0.0345. The smallest absolute Gasteiger partial charge is 0.134 e. The lowest BCUT2D eigenvalue weighted by Crippen LogP contribution is -2.28. The minimum atomic E-state index is -0.0345. The van der Waals surface area contributed by atoms with E-state index in [0.29, 0.717) is 18.1 Å². The van der Waals surface area contributed by atoms with Crippen molar-refractivity contribution in [2.45, 2.75) is 37.5 Å². The fraction of sp³-hybridized carbons (Fsp3) is 0.467. The fourth-order valence-electron chi connectivity index (χ4n) is 3.43. The van der Waals surface area contributed by atoms with E-state index in [2.05, 4.69) is 12.1 Å². The second-order valence-corrected chi connectivity index (χ2v) is 5.49. The highest BCUT2D eigenvalue weighted by Crippen LogP contribution is 2.44. The van der Waals surface area contributed by atoms with Crippen LogP contribution in [-0.4, -0.2) is 12.2 Å². The summed E-state index contributed by atoms with van der Waals surface area (Å²) in [6.07, 6.45) is 4.23. The van der Waals surface area contributed by atoms with Crippen LogP contribution < -0.4 is 5.73 Å². The number of ether oxygens (including phenoxy) is 1. The third-order valence-corrected chi connectivity index (χ3v) is 4.39. The highest BCUT2D eigenvalue weighted by Gasteiger charge is 2.44. The first-order valence-corrected chi connectivity index (χ1v) is 6.71. The average Bonchev–Trinajstić information content (AvgIpc) is 3.11. The van der Waals surface area contributed by atoms with Crippen molar-refractivity contribution in [3.05, 3.63) is 36.1 Å². The SMILES string of the molecule is NC(c1cc2ccccc2o1)C1CC2CCC1O2. The summed E-state index contributed by atoms with van der Waals surface area (Å²) < 4.78 is 11.7. The zero-order chi connectivity index (χ0) is 12.1. The van der Waals surface area contributed by atoms with Crippen molar-refractivity contribution in [2.24, 2.45) is 11.7 Å². The molecule has 4 atom stereocenters. The molecule has 3 heterocycles. The molecule has 1 aromatic carbocycles. The van der Waals surface area contributed by atoms with Crippen LogP contribution in [0.25, 0.3) is 11.0 Å². The average molecular weight is 243 g/mol. The Morgan fingerprint density at radius 3 is 2.83 bits per heavy atom. The first-order valence-electron chi connectivity index (χ1n) is 6.71. The lowest BCUT2D eigenvalue weighted by atomic mass is 9.83. The van der Waals surface area contributed by atoms with Crippen LogP contribution in [0.4, 0.5) is 0 Å². The summed E-state index contributed by atoms with van der Waals surface area (Å²) in [5.41, 5.74) is 7.30. The molecule has 0 aliphatic carbocycles. The zero-order valence-corrected chi connectivity index (χ0v) is 10.2. The Morgan fingerprint density at radius 1 is 1.22 bits per heavy atom. The summed E-state index contributed by atoms with van der Waals surface area (Å²) in [5, 5.41) is 1.13. The molecule has 0 radical (unpaired) electrons. The van der Waals surface area contributed by atoms with E-state index >= 15 is 0 Å². The molecule has 4 unspecified atom stereocenters. The normalized spacial score (nSPS) is 32.2. The fourth-order valence-corrected chi connectivity index (χ4v) is 3.43. The first kappa shape index (κ1) is 10.6. The van der Waals surface area contributed by atoms with E-state index in [1.807, 2.05) is 18.2 Å². The molecule has 3 nitrogen and oxygen atoms in total. The van der Waals surface area contributed by atoms with Gasteiger partial charge in [0.25, 0.3) is 0 Å². The molecule has 94 valence electrons. The monoisotopic (exact) mass is 243 g/mol. The van der Waals surface area contributed by atoms with E-state index < -0.39 is 0 Å². The summed E-state index contributed by atoms with van der Waals surface area (Å²) >= 11 is 0. The van der Waals surface area contributed by atoms with E-state index in [9.17, 15) is 0 Å². The van der Waals surface area contributed by atoms with Gasteiger partial charge in [0, 0.05) is 11.3 Å². The number of hydrogen-bond donors (Lipinski definition) is 1. The Kier molecular flexibility index (Phi) is 2.26. The molecule has 2 bridgehead atoms. The maximum Gasteiger partial charge on any atom is 0.134 e. The molecule has 3 heteroatoms. The van der Waals surface area contributed by atoms with Gasteiger partial charge in [0.2, 0.25) is 0 Å². The molecular formula is C15H17NO2. The number of hydrogen-bond acceptors (Lipinski definition) is 3. The van der Waals surface area contributed by atoms with Crippen LogP contribution in [-0.2, 0) is 4.74 Å². The van der Waals surface area contributed by atoms with Gasteiger partial charge in [0.15, 0.2) is 0 Å². The van der Waals surface area contributed by atoms with Crippen molar-refractivity contribution >= 4 is 11.0 Å². The number of rotatable bonds is 2.